The molecule has 0 aliphatic carbocycles. The molecule has 0 unspecified atom stereocenters. The van der Waals surface area contributed by atoms with Gasteiger partial charge >= 0.3 is 0 Å². The van der Waals surface area contributed by atoms with Crippen LogP contribution in [0.3, 0.4) is 0 Å². The predicted octanol–water partition coefficient (Wildman–Crippen LogP) is 0.711. The Morgan fingerprint density at radius 1 is 1.71 bits per heavy atom. The van der Waals surface area contributed by atoms with Crippen molar-refractivity contribution in [2.45, 2.75) is 20.3 Å². The molecular formula is C5H9O2. The van der Waals surface area contributed by atoms with Gasteiger partial charge in [-0.05, 0) is 0 Å². The van der Waals surface area contributed by atoms with E-state index in [4.69, 9.17) is 4.79 Å². The molecule has 0 aromatic carbocycles. The number of aldehydes is 1. The first-order chi connectivity index (χ1) is 3.33. The molecule has 0 aromatic heterocycles. The first-order valence-corrected chi connectivity index (χ1v) is 2.06. The number of hydrogen-bond donors (Lipinski definition) is 0. The van der Waals surface area contributed by atoms with Gasteiger partial charge in [0.15, 0.2) is 6.29 Å². The minimum Gasteiger partial charge on any atom is -0.303 e. The number of rotatable bonds is 1. The van der Waals surface area contributed by atoms with Gasteiger partial charge in [-0.3, -0.25) is 4.79 Å². The highest BCUT2D eigenvalue weighted by Gasteiger charge is 1.52. The quantitative estimate of drug-likeness (QED) is 0.456. The Bertz CT molecular complexity index is 41.3. The Morgan fingerprint density at radius 3 is 1.86 bits per heavy atom. The lowest BCUT2D eigenvalue weighted by Gasteiger charge is -1.51. The van der Waals surface area contributed by atoms with Gasteiger partial charge in [0, 0.05) is 13.3 Å². The summed E-state index contributed by atoms with van der Waals surface area (Å²) in [4.78, 5) is 17.9. The second kappa shape index (κ2) is 18.4. The molecule has 1 radical (unpaired) electrons. The lowest BCUT2D eigenvalue weighted by molar-refractivity contribution is -0.107. The van der Waals surface area contributed by atoms with Crippen LogP contribution in [-0.4, -0.2) is 12.6 Å². The summed E-state index contributed by atoms with van der Waals surface area (Å²) in [6, 6.07) is 0. The predicted molar refractivity (Wildman–Crippen MR) is 27.7 cm³/mol. The van der Waals surface area contributed by atoms with Crippen molar-refractivity contribution in [2.75, 3.05) is 0 Å². The van der Waals surface area contributed by atoms with Crippen molar-refractivity contribution < 1.29 is 9.59 Å². The average Bonchev–Trinajstić information content (AvgIpc) is 1.69. The fourth-order valence-corrected chi connectivity index (χ4v) is 0. The van der Waals surface area contributed by atoms with Gasteiger partial charge in [-0.25, -0.2) is 0 Å². The summed E-state index contributed by atoms with van der Waals surface area (Å²) in [7, 11) is 0. The van der Waals surface area contributed by atoms with Crippen LogP contribution in [0.1, 0.15) is 20.3 Å². The van der Waals surface area contributed by atoms with E-state index < -0.39 is 0 Å². The maximum atomic E-state index is 9.17. The molecule has 0 bridgehead atoms. The third-order valence-corrected chi connectivity index (χ3v) is 0.167. The number of carbonyl (C=O) groups excluding carboxylic acids is 2. The zero-order chi connectivity index (χ0) is 6.12. The first kappa shape index (κ1) is 9.60. The second-order valence-corrected chi connectivity index (χ2v) is 0.779. The Hall–Kier alpha value is -0.660. The molecule has 0 fully saturated rings. The largest absolute Gasteiger partial charge is 0.303 e. The lowest BCUT2D eigenvalue weighted by Crippen LogP contribution is -1.55. The molecule has 0 aliphatic rings. The monoisotopic (exact) mass is 101 g/mol. The number of carbonyl (C=O) groups is 1. The van der Waals surface area contributed by atoms with Gasteiger partial charge in [-0.1, -0.05) is 6.92 Å². The Kier molecular flexibility index (Phi) is 25.2. The molecular weight excluding hydrogens is 92.1 g/mol. The van der Waals surface area contributed by atoms with Gasteiger partial charge in [-0.2, -0.15) is 0 Å². The van der Waals surface area contributed by atoms with Crippen LogP contribution in [0.4, 0.5) is 0 Å². The fraction of sp³-hybridized carbons (Fsp3) is 0.600. The molecule has 0 atom stereocenters. The van der Waals surface area contributed by atoms with Crippen molar-refractivity contribution in [3.63, 3.8) is 0 Å². The van der Waals surface area contributed by atoms with Crippen LogP contribution < -0.4 is 0 Å². The molecule has 2 nitrogen and oxygen atoms in total. The average molecular weight is 101 g/mol. The summed E-state index contributed by atoms with van der Waals surface area (Å²) in [6.07, 6.45) is 3.01. The molecule has 7 heavy (non-hydrogen) atoms. The van der Waals surface area contributed by atoms with Crippen LogP contribution in [0, 0.1) is 0 Å². The highest BCUT2D eigenvalue weighted by Crippen LogP contribution is 1.53. The van der Waals surface area contributed by atoms with E-state index >= 15 is 0 Å². The van der Waals surface area contributed by atoms with Crippen molar-refractivity contribution in [3.8, 4) is 0 Å². The number of hydrogen-bond acceptors (Lipinski definition) is 2. The summed E-state index contributed by atoms with van der Waals surface area (Å²) >= 11 is 0. The highest BCUT2D eigenvalue weighted by atomic mass is 16.1. The molecule has 2 heteroatoms. The third kappa shape index (κ3) is 515. The van der Waals surface area contributed by atoms with Crippen LogP contribution in [0.2, 0.25) is 0 Å². The van der Waals surface area contributed by atoms with Crippen LogP contribution in [0.25, 0.3) is 0 Å². The SMILES string of the molecule is CCC=O.C[C]=O. The van der Waals surface area contributed by atoms with Crippen molar-refractivity contribution in [1.29, 1.82) is 0 Å². The zero-order valence-electron chi connectivity index (χ0n) is 4.60. The minimum absolute atomic E-state index is 0.639. The summed E-state index contributed by atoms with van der Waals surface area (Å²) in [5.41, 5.74) is 0. The molecule has 0 aliphatic heterocycles. The Balaban J connectivity index is 0. The third-order valence-electron chi connectivity index (χ3n) is 0.167. The standard InChI is InChI=1S/C3H6O.C2H3O/c1-2-3-4;1-2-3/h3H,2H2,1H3;1H3. The molecule has 0 spiro atoms. The maximum Gasteiger partial charge on any atom is 0.195 e. The maximum absolute atomic E-state index is 9.17. The van der Waals surface area contributed by atoms with Gasteiger partial charge in [0.2, 0.25) is 0 Å². The summed E-state index contributed by atoms with van der Waals surface area (Å²) in [6.45, 7) is 3.13. The van der Waals surface area contributed by atoms with Crippen molar-refractivity contribution in [3.05, 3.63) is 0 Å². The van der Waals surface area contributed by atoms with Gasteiger partial charge in [0.25, 0.3) is 0 Å². The van der Waals surface area contributed by atoms with Crippen LogP contribution in [-0.2, 0) is 9.59 Å². The molecule has 41 valence electrons. The van der Waals surface area contributed by atoms with E-state index in [9.17, 15) is 4.79 Å². The van der Waals surface area contributed by atoms with Gasteiger partial charge in [0.05, 0.1) is 0 Å². The van der Waals surface area contributed by atoms with E-state index in [0.717, 1.165) is 6.29 Å². The van der Waals surface area contributed by atoms with Crippen molar-refractivity contribution >= 4 is 12.6 Å². The van der Waals surface area contributed by atoms with E-state index in [2.05, 4.69) is 0 Å². The molecule has 0 heterocycles. The van der Waals surface area contributed by atoms with Crippen molar-refractivity contribution in [1.82, 2.24) is 0 Å². The smallest absolute Gasteiger partial charge is 0.195 e. The Labute approximate surface area is 43.5 Å². The first-order valence-electron chi connectivity index (χ1n) is 2.06. The van der Waals surface area contributed by atoms with E-state index in [1.807, 2.05) is 6.92 Å². The molecule has 0 amide bonds. The lowest BCUT2D eigenvalue weighted by atomic mass is 10.6. The molecule has 0 saturated heterocycles. The van der Waals surface area contributed by atoms with Gasteiger partial charge in [-0.15, -0.1) is 0 Å². The van der Waals surface area contributed by atoms with E-state index in [0.29, 0.717) is 6.42 Å². The van der Waals surface area contributed by atoms with Crippen LogP contribution >= 0.6 is 0 Å². The summed E-state index contributed by atoms with van der Waals surface area (Å²) in [5.74, 6) is 0. The minimum atomic E-state index is 0.639. The zero-order valence-corrected chi connectivity index (χ0v) is 4.60. The summed E-state index contributed by atoms with van der Waals surface area (Å²) < 4.78 is 0. The van der Waals surface area contributed by atoms with E-state index in [-0.39, 0.29) is 0 Å². The topological polar surface area (TPSA) is 34.1 Å². The molecule has 0 N–H and O–H groups in total. The molecule has 0 aromatic rings. The molecule has 0 saturated carbocycles. The Morgan fingerprint density at radius 2 is 1.86 bits per heavy atom. The van der Waals surface area contributed by atoms with Gasteiger partial charge in [0.1, 0.15) is 6.29 Å². The normalized spacial score (nSPS) is 5.43. The fourth-order valence-electron chi connectivity index (χ4n) is 0. The van der Waals surface area contributed by atoms with Crippen LogP contribution in [0.5, 0.6) is 0 Å². The van der Waals surface area contributed by atoms with Gasteiger partial charge < -0.3 is 4.79 Å². The van der Waals surface area contributed by atoms with E-state index in [1.165, 1.54) is 13.2 Å². The van der Waals surface area contributed by atoms with Crippen LogP contribution in [0.15, 0.2) is 0 Å². The van der Waals surface area contributed by atoms with Crippen molar-refractivity contribution in [2.24, 2.45) is 0 Å². The van der Waals surface area contributed by atoms with E-state index in [1.54, 1.807) is 0 Å². The summed E-state index contributed by atoms with van der Waals surface area (Å²) in [5, 5.41) is 0. The second-order valence-electron chi connectivity index (χ2n) is 0.779. The molecule has 0 rings (SSSR count). The highest BCUT2D eigenvalue weighted by molar-refractivity contribution is 5.48.